The molecule has 30 heavy (non-hydrogen) atoms. The summed E-state index contributed by atoms with van der Waals surface area (Å²) in [4.78, 5) is 69.3. The zero-order chi connectivity index (χ0) is 23.3. The first-order valence-corrected chi connectivity index (χ1v) is 10.2. The van der Waals surface area contributed by atoms with E-state index in [1.54, 1.807) is 0 Å². The normalized spacial score (nSPS) is 11.6. The summed E-state index contributed by atoms with van der Waals surface area (Å²) in [5, 5.41) is -1.65. The molecule has 11 nitrogen and oxygen atoms in total. The van der Waals surface area contributed by atoms with Crippen LogP contribution in [0.2, 0.25) is 0 Å². The van der Waals surface area contributed by atoms with Gasteiger partial charge in [0.25, 0.3) is 0 Å². The highest BCUT2D eigenvalue weighted by Gasteiger charge is 2.36. The molecule has 0 saturated heterocycles. The Morgan fingerprint density at radius 1 is 0.833 bits per heavy atom. The Morgan fingerprint density at radius 3 is 1.80 bits per heavy atom. The Labute approximate surface area is 181 Å². The minimum Gasteiger partial charge on any atom is -0.469 e. The largest absolute Gasteiger partial charge is 0.469 e. The van der Waals surface area contributed by atoms with Crippen LogP contribution in [0.1, 0.15) is 34.1 Å². The highest BCUT2D eigenvalue weighted by atomic mass is 32.2. The molecule has 0 aromatic carbocycles. The fourth-order valence-electron chi connectivity index (χ4n) is 1.67. The molecule has 0 aromatic heterocycles. The second-order valence-electron chi connectivity index (χ2n) is 6.07. The van der Waals surface area contributed by atoms with Gasteiger partial charge in [-0.1, -0.05) is 0 Å². The molecule has 0 N–H and O–H groups in total. The lowest BCUT2D eigenvalue weighted by Gasteiger charge is -2.23. The number of methoxy groups -OCH3 is 1. The summed E-state index contributed by atoms with van der Waals surface area (Å²) in [5.41, 5.74) is 0. The van der Waals surface area contributed by atoms with Gasteiger partial charge < -0.3 is 23.7 Å². The van der Waals surface area contributed by atoms with E-state index in [-0.39, 0.29) is 12.2 Å². The number of thioether (sulfide) groups is 2. The summed E-state index contributed by atoms with van der Waals surface area (Å²) < 4.78 is 21.6. The number of Topliss-reactive ketones (excluding diaryl/α,β-unsaturated/α-hetero) is 1. The highest BCUT2D eigenvalue weighted by molar-refractivity contribution is 8.15. The number of hydrogen-bond donors (Lipinski definition) is 0. The molecule has 0 aliphatic carbocycles. The van der Waals surface area contributed by atoms with Crippen LogP contribution >= 0.6 is 23.5 Å². The molecule has 0 spiro atoms. The minimum atomic E-state index is -1.26. The molecule has 170 valence electrons. The standard InChI is InChI=1S/C17H24O11S2/c1-10(18)25-8-27-15(22)29-7-12(14(21)24-5)6-13(20)17(3,4)30-16(23)28-9-26-11(2)19/h12H,6-9H2,1-5H3/t12-/m0/s1. The minimum absolute atomic E-state index is 0.130. The number of carbonyl (C=O) groups excluding carboxylic acids is 6. The van der Waals surface area contributed by atoms with Gasteiger partial charge in [0.05, 0.1) is 17.8 Å². The quantitative estimate of drug-likeness (QED) is 0.248. The van der Waals surface area contributed by atoms with Crippen molar-refractivity contribution in [2.75, 3.05) is 26.4 Å². The Bertz CT molecular complexity index is 660. The molecule has 13 heteroatoms. The van der Waals surface area contributed by atoms with E-state index >= 15 is 0 Å². The lowest BCUT2D eigenvalue weighted by atomic mass is 9.97. The van der Waals surface area contributed by atoms with E-state index in [9.17, 15) is 28.8 Å². The summed E-state index contributed by atoms with van der Waals surface area (Å²) in [7, 11) is 1.13. The zero-order valence-corrected chi connectivity index (χ0v) is 18.8. The molecular weight excluding hydrogens is 444 g/mol. The first-order chi connectivity index (χ1) is 13.9. The van der Waals surface area contributed by atoms with E-state index in [1.807, 2.05) is 0 Å². The molecule has 0 amide bonds. The van der Waals surface area contributed by atoms with Gasteiger partial charge in [-0.2, -0.15) is 0 Å². The average molecular weight is 469 g/mol. The molecule has 0 bridgehead atoms. The van der Waals surface area contributed by atoms with Gasteiger partial charge in [-0.25, -0.2) is 9.59 Å². The SMILES string of the molecule is COC(=O)[C@H](CSC(=O)OCOC(C)=O)CC(=O)C(C)(C)SC(=O)OCOC(C)=O. The van der Waals surface area contributed by atoms with E-state index in [2.05, 4.69) is 23.7 Å². The molecule has 0 fully saturated rings. The maximum absolute atomic E-state index is 12.6. The monoisotopic (exact) mass is 468 g/mol. The molecule has 0 aliphatic heterocycles. The second-order valence-corrected chi connectivity index (χ2v) is 8.58. The van der Waals surface area contributed by atoms with Gasteiger partial charge in [-0.05, 0) is 37.4 Å². The Kier molecular flexibility index (Phi) is 12.8. The van der Waals surface area contributed by atoms with Crippen molar-refractivity contribution in [3.63, 3.8) is 0 Å². The van der Waals surface area contributed by atoms with Crippen molar-refractivity contribution >= 4 is 57.8 Å². The molecule has 0 rings (SSSR count). The summed E-state index contributed by atoms with van der Waals surface area (Å²) in [6.45, 7) is 4.06. The Hall–Kier alpha value is -2.28. The lowest BCUT2D eigenvalue weighted by Crippen LogP contribution is -2.34. The second kappa shape index (κ2) is 13.9. The number of esters is 3. The molecule has 0 radical (unpaired) electrons. The van der Waals surface area contributed by atoms with Crippen molar-refractivity contribution in [2.45, 2.75) is 38.9 Å². The number of ketones is 1. The molecular formula is C17H24O11S2. The first-order valence-electron chi connectivity index (χ1n) is 8.42. The molecule has 0 heterocycles. The summed E-state index contributed by atoms with van der Waals surface area (Å²) >= 11 is 1.17. The van der Waals surface area contributed by atoms with E-state index in [1.165, 1.54) is 13.8 Å². The van der Waals surface area contributed by atoms with Crippen molar-refractivity contribution < 1.29 is 52.5 Å². The van der Waals surface area contributed by atoms with E-state index in [0.717, 1.165) is 21.0 Å². The fourth-order valence-corrected chi connectivity index (χ4v) is 3.12. The van der Waals surface area contributed by atoms with Gasteiger partial charge in [-0.15, -0.1) is 0 Å². The van der Waals surface area contributed by atoms with E-state index in [0.29, 0.717) is 23.5 Å². The third-order valence-electron chi connectivity index (χ3n) is 3.26. The van der Waals surface area contributed by atoms with Crippen molar-refractivity contribution in [3.05, 3.63) is 0 Å². The maximum Gasteiger partial charge on any atom is 0.371 e. The predicted octanol–water partition coefficient (Wildman–Crippen LogP) is 2.29. The van der Waals surface area contributed by atoms with Crippen molar-refractivity contribution in [2.24, 2.45) is 5.92 Å². The first kappa shape index (κ1) is 27.7. The third-order valence-corrected chi connectivity index (χ3v) is 5.20. The summed E-state index contributed by atoms with van der Waals surface area (Å²) in [5.74, 6) is -3.56. The van der Waals surface area contributed by atoms with E-state index in [4.69, 9.17) is 0 Å². The van der Waals surface area contributed by atoms with Crippen LogP contribution in [0.4, 0.5) is 9.59 Å². The molecule has 0 unspecified atom stereocenters. The number of ether oxygens (including phenoxy) is 5. The smallest absolute Gasteiger partial charge is 0.371 e. The Morgan fingerprint density at radius 2 is 1.33 bits per heavy atom. The van der Waals surface area contributed by atoms with Crippen LogP contribution in [0.25, 0.3) is 0 Å². The van der Waals surface area contributed by atoms with Gasteiger partial charge in [-0.3, -0.25) is 19.2 Å². The number of hydrogen-bond acceptors (Lipinski definition) is 13. The van der Waals surface area contributed by atoms with Crippen LogP contribution in [-0.4, -0.2) is 65.5 Å². The molecule has 0 aliphatic rings. The van der Waals surface area contributed by atoms with Crippen LogP contribution in [0.5, 0.6) is 0 Å². The lowest BCUT2D eigenvalue weighted by molar-refractivity contribution is -0.149. The Balaban J connectivity index is 4.74. The van der Waals surface area contributed by atoms with Gasteiger partial charge >= 0.3 is 28.5 Å². The molecule has 0 aromatic rings. The molecule has 1 atom stereocenters. The third kappa shape index (κ3) is 12.3. The van der Waals surface area contributed by atoms with Gasteiger partial charge in [0, 0.05) is 26.0 Å². The number of carbonyl (C=O) groups is 6. The molecule has 0 saturated carbocycles. The van der Waals surface area contributed by atoms with Crippen molar-refractivity contribution in [3.8, 4) is 0 Å². The zero-order valence-electron chi connectivity index (χ0n) is 17.2. The topological polar surface area (TPSA) is 149 Å². The van der Waals surface area contributed by atoms with Crippen molar-refractivity contribution in [1.29, 1.82) is 0 Å². The summed E-state index contributed by atoms with van der Waals surface area (Å²) in [6, 6.07) is 0. The van der Waals surface area contributed by atoms with Gasteiger partial charge in [0.1, 0.15) is 5.78 Å². The van der Waals surface area contributed by atoms with Crippen molar-refractivity contribution in [1.82, 2.24) is 0 Å². The van der Waals surface area contributed by atoms with Crippen LogP contribution in [0.3, 0.4) is 0 Å². The summed E-state index contributed by atoms with van der Waals surface area (Å²) in [6.07, 6.45) is -0.311. The van der Waals surface area contributed by atoms with Crippen LogP contribution in [-0.2, 0) is 42.9 Å². The average Bonchev–Trinajstić information content (AvgIpc) is 2.63. The fraction of sp³-hybridized carbons (Fsp3) is 0.647. The van der Waals surface area contributed by atoms with Gasteiger partial charge in [0.15, 0.2) is 0 Å². The predicted molar refractivity (Wildman–Crippen MR) is 105 cm³/mol. The number of rotatable bonds is 11. The maximum atomic E-state index is 12.6. The van der Waals surface area contributed by atoms with Crippen LogP contribution < -0.4 is 0 Å². The van der Waals surface area contributed by atoms with Gasteiger partial charge in [0.2, 0.25) is 13.6 Å². The van der Waals surface area contributed by atoms with Crippen LogP contribution in [0, 0.1) is 5.92 Å². The van der Waals surface area contributed by atoms with E-state index < -0.39 is 58.5 Å². The van der Waals surface area contributed by atoms with Crippen LogP contribution in [0.15, 0.2) is 0 Å². The highest BCUT2D eigenvalue weighted by Crippen LogP contribution is 2.30.